The Labute approximate surface area is 298 Å². The van der Waals surface area contributed by atoms with Gasteiger partial charge in [-0.1, -0.05) is 74.5 Å². The van der Waals surface area contributed by atoms with Gasteiger partial charge in [-0.05, 0) is 47.7 Å². The minimum absolute atomic E-state index is 0.0551. The van der Waals surface area contributed by atoms with Crippen molar-refractivity contribution < 1.29 is 33.4 Å². The molecule has 2 heterocycles. The van der Waals surface area contributed by atoms with Crippen molar-refractivity contribution >= 4 is 29.5 Å². The smallest absolute Gasteiger partial charge is 0.258 e. The number of amides is 5. The van der Waals surface area contributed by atoms with Gasteiger partial charge in [0.15, 0.2) is 6.61 Å². The molecule has 0 aliphatic carbocycles. The number of nitrogens with zero attached hydrogens (tertiary/aromatic N) is 2. The third-order valence-electron chi connectivity index (χ3n) is 9.10. The Morgan fingerprint density at radius 2 is 1.57 bits per heavy atom. The van der Waals surface area contributed by atoms with Crippen molar-refractivity contribution in [3.63, 3.8) is 0 Å². The van der Waals surface area contributed by atoms with Crippen LogP contribution in [-0.4, -0.2) is 104 Å². The van der Waals surface area contributed by atoms with Gasteiger partial charge in [0.1, 0.15) is 17.8 Å². The van der Waals surface area contributed by atoms with Crippen LogP contribution in [0.25, 0.3) is 0 Å². The summed E-state index contributed by atoms with van der Waals surface area (Å²) in [5.74, 6) is -1.85. The zero-order valence-electron chi connectivity index (χ0n) is 29.4. The quantitative estimate of drug-likeness (QED) is 0.328. The van der Waals surface area contributed by atoms with Gasteiger partial charge in [-0.25, -0.2) is 0 Å². The molecular formula is C39H47N5O7. The molecule has 5 rings (SSSR count). The predicted octanol–water partition coefficient (Wildman–Crippen LogP) is 2.54. The second-order valence-electron chi connectivity index (χ2n) is 13.5. The molecule has 0 aromatic heterocycles. The molecule has 3 aromatic carbocycles. The Hall–Kier alpha value is -5.23. The summed E-state index contributed by atoms with van der Waals surface area (Å²) in [6.07, 6.45) is 0.537. The highest BCUT2D eigenvalue weighted by Crippen LogP contribution is 2.31. The summed E-state index contributed by atoms with van der Waals surface area (Å²) in [6, 6.07) is 23.2. The standard InChI is InChI=1S/C39H47N5O7/c1-26(2)19-33-39(49)43(17-18-50-3)24-35(45)40-32(20-27-11-6-4-7-12-27)37(47)42-34-23-44(38(48)28-13-8-5-9-14-28)22-31(34)29-15-10-16-30(21-29)51-25-36(46)41-33/h4-16,21,26,31-34H,17-20,22-25H2,1-3H3,(H,40,45)(H,41,46)(H,42,47)/t31-,32-,33+,34+/m0/s1. The van der Waals surface area contributed by atoms with Crippen molar-refractivity contribution in [2.75, 3.05) is 46.5 Å². The van der Waals surface area contributed by atoms with Crippen molar-refractivity contribution in [3.8, 4) is 5.75 Å². The Morgan fingerprint density at radius 3 is 2.27 bits per heavy atom. The fourth-order valence-electron chi connectivity index (χ4n) is 6.57. The van der Waals surface area contributed by atoms with Gasteiger partial charge >= 0.3 is 0 Å². The first-order valence-corrected chi connectivity index (χ1v) is 17.4. The van der Waals surface area contributed by atoms with Crippen molar-refractivity contribution in [2.24, 2.45) is 5.92 Å². The number of methoxy groups -OCH3 is 1. The van der Waals surface area contributed by atoms with Crippen LogP contribution < -0.4 is 20.7 Å². The van der Waals surface area contributed by atoms with E-state index in [4.69, 9.17) is 9.47 Å². The van der Waals surface area contributed by atoms with E-state index >= 15 is 0 Å². The molecule has 12 heteroatoms. The van der Waals surface area contributed by atoms with Gasteiger partial charge in [0.25, 0.3) is 11.8 Å². The van der Waals surface area contributed by atoms with Crippen LogP contribution in [0.1, 0.15) is 47.7 Å². The fourth-order valence-corrected chi connectivity index (χ4v) is 6.57. The highest BCUT2D eigenvalue weighted by atomic mass is 16.5. The molecule has 3 N–H and O–H groups in total. The first kappa shape index (κ1) is 37.0. The van der Waals surface area contributed by atoms with E-state index in [1.54, 1.807) is 41.3 Å². The van der Waals surface area contributed by atoms with Crippen LogP contribution in [0.4, 0.5) is 0 Å². The molecule has 2 aliphatic heterocycles. The average Bonchev–Trinajstić information content (AvgIpc) is 3.55. The second-order valence-corrected chi connectivity index (χ2v) is 13.5. The molecule has 4 atom stereocenters. The largest absolute Gasteiger partial charge is 0.484 e. The van der Waals surface area contributed by atoms with Gasteiger partial charge < -0.3 is 35.2 Å². The van der Waals surface area contributed by atoms with E-state index in [1.165, 1.54) is 12.0 Å². The number of benzene rings is 3. The Kier molecular flexibility index (Phi) is 12.8. The minimum atomic E-state index is -0.987. The topological polar surface area (TPSA) is 146 Å². The normalized spacial score (nSPS) is 21.9. The molecule has 1 fully saturated rings. The summed E-state index contributed by atoms with van der Waals surface area (Å²) in [5, 5.41) is 8.85. The molecule has 0 spiro atoms. The van der Waals surface area contributed by atoms with Gasteiger partial charge in [0.2, 0.25) is 17.7 Å². The molecule has 12 nitrogen and oxygen atoms in total. The lowest BCUT2D eigenvalue weighted by atomic mass is 9.93. The van der Waals surface area contributed by atoms with Crippen molar-refractivity contribution in [1.82, 2.24) is 25.8 Å². The zero-order chi connectivity index (χ0) is 36.3. The first-order valence-electron chi connectivity index (χ1n) is 17.4. The van der Waals surface area contributed by atoms with E-state index in [2.05, 4.69) is 16.0 Å². The van der Waals surface area contributed by atoms with E-state index in [0.717, 1.165) is 11.1 Å². The number of rotatable bonds is 8. The van der Waals surface area contributed by atoms with Crippen molar-refractivity contribution in [1.29, 1.82) is 0 Å². The Balaban J connectivity index is 1.50. The SMILES string of the molecule is COCCN1CC(=O)N[C@@H](Cc2ccccc2)C(=O)N[C@@H]2CN(C(=O)c3ccccc3)C[C@H]2c2cccc(c2)OCC(=O)N[C@H](CC(C)C)C1=O. The number of nitrogens with one attached hydrogen (secondary N) is 3. The summed E-state index contributed by atoms with van der Waals surface area (Å²) < 4.78 is 11.1. The summed E-state index contributed by atoms with van der Waals surface area (Å²) in [6.45, 7) is 4.02. The second kappa shape index (κ2) is 17.6. The fraction of sp³-hybridized carbons (Fsp3) is 0.410. The Bertz CT molecular complexity index is 1670. The monoisotopic (exact) mass is 697 g/mol. The molecule has 51 heavy (non-hydrogen) atoms. The highest BCUT2D eigenvalue weighted by molar-refractivity contribution is 5.95. The molecule has 5 amide bonds. The number of fused-ring (bicyclic) bond motifs is 4. The highest BCUT2D eigenvalue weighted by Gasteiger charge is 2.39. The van der Waals surface area contributed by atoms with Crippen LogP contribution in [0.2, 0.25) is 0 Å². The number of likely N-dealkylation sites (tertiary alicyclic amines) is 1. The van der Waals surface area contributed by atoms with Gasteiger partial charge in [-0.3, -0.25) is 24.0 Å². The minimum Gasteiger partial charge on any atom is -0.484 e. The third kappa shape index (κ3) is 10.2. The number of ether oxygens (including phenoxy) is 2. The van der Waals surface area contributed by atoms with E-state index in [9.17, 15) is 24.0 Å². The van der Waals surface area contributed by atoms with E-state index in [0.29, 0.717) is 24.3 Å². The molecular weight excluding hydrogens is 650 g/mol. The number of carbonyl (C=O) groups is 5. The van der Waals surface area contributed by atoms with Gasteiger partial charge in [-0.2, -0.15) is 0 Å². The van der Waals surface area contributed by atoms with Crippen LogP contribution in [0.5, 0.6) is 5.75 Å². The summed E-state index contributed by atoms with van der Waals surface area (Å²) in [4.78, 5) is 71.6. The lowest BCUT2D eigenvalue weighted by Gasteiger charge is -2.29. The van der Waals surface area contributed by atoms with E-state index < -0.39 is 41.8 Å². The zero-order valence-corrected chi connectivity index (χ0v) is 29.4. The van der Waals surface area contributed by atoms with Gasteiger partial charge in [0.05, 0.1) is 19.2 Å². The molecule has 3 aromatic rings. The van der Waals surface area contributed by atoms with Crippen LogP contribution in [0.15, 0.2) is 84.9 Å². The van der Waals surface area contributed by atoms with Gasteiger partial charge in [0, 0.05) is 44.6 Å². The van der Waals surface area contributed by atoms with Crippen LogP contribution in [0, 0.1) is 5.92 Å². The maximum Gasteiger partial charge on any atom is 0.258 e. The lowest BCUT2D eigenvalue weighted by Crippen LogP contribution is -2.56. The molecule has 270 valence electrons. The molecule has 0 unspecified atom stereocenters. The predicted molar refractivity (Wildman–Crippen MR) is 191 cm³/mol. The molecule has 2 bridgehead atoms. The maximum absolute atomic E-state index is 14.2. The van der Waals surface area contributed by atoms with E-state index in [-0.39, 0.29) is 57.0 Å². The molecule has 2 aliphatic rings. The van der Waals surface area contributed by atoms with Crippen molar-refractivity contribution in [2.45, 2.75) is 50.7 Å². The summed E-state index contributed by atoms with van der Waals surface area (Å²) in [7, 11) is 1.50. The van der Waals surface area contributed by atoms with E-state index in [1.807, 2.05) is 62.4 Å². The molecule has 0 saturated carbocycles. The molecule has 1 saturated heterocycles. The van der Waals surface area contributed by atoms with Crippen LogP contribution >= 0.6 is 0 Å². The van der Waals surface area contributed by atoms with Crippen LogP contribution in [0.3, 0.4) is 0 Å². The maximum atomic E-state index is 14.2. The summed E-state index contributed by atoms with van der Waals surface area (Å²) >= 11 is 0. The van der Waals surface area contributed by atoms with Gasteiger partial charge in [-0.15, -0.1) is 0 Å². The number of hydrogen-bond donors (Lipinski definition) is 3. The molecule has 0 radical (unpaired) electrons. The Morgan fingerprint density at radius 1 is 0.863 bits per heavy atom. The summed E-state index contributed by atoms with van der Waals surface area (Å²) in [5.41, 5.74) is 2.18. The third-order valence-corrected chi connectivity index (χ3v) is 9.10. The van der Waals surface area contributed by atoms with Crippen molar-refractivity contribution in [3.05, 3.63) is 102 Å². The number of carbonyl (C=O) groups excluding carboxylic acids is 5. The number of hydrogen-bond acceptors (Lipinski definition) is 7. The van der Waals surface area contributed by atoms with Crippen LogP contribution in [-0.2, 0) is 30.3 Å². The average molecular weight is 698 g/mol. The lowest BCUT2D eigenvalue weighted by molar-refractivity contribution is -0.141. The first-order chi connectivity index (χ1) is 24.6.